The summed E-state index contributed by atoms with van der Waals surface area (Å²) < 4.78 is 0. The molecule has 98 valence electrons. The molecule has 0 amide bonds. The van der Waals surface area contributed by atoms with Gasteiger partial charge in [-0.15, -0.1) is 0 Å². The first-order chi connectivity index (χ1) is 8.44. The number of aromatic nitrogens is 2. The van der Waals surface area contributed by atoms with Crippen molar-refractivity contribution in [3.05, 3.63) is 29.6 Å². The first-order valence-corrected chi connectivity index (χ1v) is 6.23. The number of H-pyrrole nitrogens is 1. The molecular formula is C14H21N3O. The fourth-order valence-electron chi connectivity index (χ4n) is 2.33. The van der Waals surface area contributed by atoms with Crippen LogP contribution in [-0.4, -0.2) is 28.7 Å². The molecule has 0 saturated heterocycles. The lowest BCUT2D eigenvalue weighted by Gasteiger charge is -2.30. The zero-order valence-corrected chi connectivity index (χ0v) is 11.4. The Morgan fingerprint density at radius 3 is 2.83 bits per heavy atom. The number of aliphatic hydroxyl groups is 1. The number of hydrogen-bond acceptors (Lipinski definition) is 3. The predicted molar refractivity (Wildman–Crippen MR) is 73.5 cm³/mol. The van der Waals surface area contributed by atoms with Crippen LogP contribution < -0.4 is 5.32 Å². The average molecular weight is 247 g/mol. The molecule has 0 aliphatic carbocycles. The van der Waals surface area contributed by atoms with Crippen molar-refractivity contribution >= 4 is 11.0 Å². The first kappa shape index (κ1) is 13.1. The van der Waals surface area contributed by atoms with Gasteiger partial charge in [0, 0.05) is 12.0 Å². The lowest BCUT2D eigenvalue weighted by molar-refractivity contribution is 0.0507. The second-order valence-electron chi connectivity index (χ2n) is 5.52. The summed E-state index contributed by atoms with van der Waals surface area (Å²) in [5, 5.41) is 13.6. The second-order valence-corrected chi connectivity index (χ2v) is 5.52. The molecule has 0 aliphatic rings. The van der Waals surface area contributed by atoms with Gasteiger partial charge in [-0.25, -0.2) is 4.98 Å². The van der Waals surface area contributed by atoms with Gasteiger partial charge in [0.05, 0.1) is 17.1 Å². The van der Waals surface area contributed by atoms with Gasteiger partial charge in [0.1, 0.15) is 5.82 Å². The van der Waals surface area contributed by atoms with Crippen LogP contribution in [-0.2, 0) is 0 Å². The lowest BCUT2D eigenvalue weighted by Crippen LogP contribution is -2.32. The fraction of sp³-hybridized carbons (Fsp3) is 0.500. The molecule has 3 N–H and O–H groups in total. The van der Waals surface area contributed by atoms with E-state index in [1.54, 1.807) is 0 Å². The molecule has 1 unspecified atom stereocenters. The van der Waals surface area contributed by atoms with Gasteiger partial charge in [0.2, 0.25) is 0 Å². The molecular weight excluding hydrogens is 226 g/mol. The van der Waals surface area contributed by atoms with E-state index in [-0.39, 0.29) is 5.41 Å². The minimum Gasteiger partial charge on any atom is -0.388 e. The molecule has 0 spiro atoms. The van der Waals surface area contributed by atoms with Crippen LogP contribution in [0.4, 0.5) is 0 Å². The Balaban J connectivity index is 2.35. The van der Waals surface area contributed by atoms with Gasteiger partial charge in [-0.1, -0.05) is 19.9 Å². The highest BCUT2D eigenvalue weighted by Crippen LogP contribution is 2.33. The Kier molecular flexibility index (Phi) is 3.41. The summed E-state index contributed by atoms with van der Waals surface area (Å²) in [7, 11) is 1.90. The van der Waals surface area contributed by atoms with E-state index in [4.69, 9.17) is 0 Å². The van der Waals surface area contributed by atoms with Crippen LogP contribution in [0.3, 0.4) is 0 Å². The van der Waals surface area contributed by atoms with E-state index in [0.717, 1.165) is 29.0 Å². The van der Waals surface area contributed by atoms with Crippen LogP contribution in [0.25, 0.3) is 11.0 Å². The number of benzene rings is 1. The summed E-state index contributed by atoms with van der Waals surface area (Å²) >= 11 is 0. The van der Waals surface area contributed by atoms with Crippen LogP contribution >= 0.6 is 0 Å². The van der Waals surface area contributed by atoms with E-state index >= 15 is 0 Å². The molecule has 2 aromatic rings. The smallest absolute Gasteiger partial charge is 0.104 e. The molecule has 1 atom stereocenters. The number of aromatic amines is 1. The number of rotatable bonds is 4. The van der Waals surface area contributed by atoms with E-state index in [1.165, 1.54) is 0 Å². The number of aliphatic hydroxyl groups excluding tert-OH is 1. The summed E-state index contributed by atoms with van der Waals surface area (Å²) in [5.41, 5.74) is 2.63. The standard InChI is InChI=1S/C14H21N3O/c1-9-16-11-6-5-10(7-12(11)17-9)13(18)14(2,3)8-15-4/h5-7,13,15,18H,8H2,1-4H3,(H,16,17). The van der Waals surface area contributed by atoms with Gasteiger partial charge in [-0.3, -0.25) is 0 Å². The molecule has 0 bridgehead atoms. The molecule has 4 heteroatoms. The highest BCUT2D eigenvalue weighted by Gasteiger charge is 2.28. The Labute approximate surface area is 107 Å². The highest BCUT2D eigenvalue weighted by atomic mass is 16.3. The van der Waals surface area contributed by atoms with E-state index in [2.05, 4.69) is 29.1 Å². The van der Waals surface area contributed by atoms with Crippen molar-refractivity contribution in [3.63, 3.8) is 0 Å². The fourth-order valence-corrected chi connectivity index (χ4v) is 2.33. The number of hydrogen-bond donors (Lipinski definition) is 3. The third kappa shape index (κ3) is 2.40. The largest absolute Gasteiger partial charge is 0.388 e. The SMILES string of the molecule is CNCC(C)(C)C(O)c1ccc2nc(C)[nH]c2c1. The number of imidazole rings is 1. The third-order valence-corrected chi connectivity index (χ3v) is 3.31. The molecule has 0 aliphatic heterocycles. The van der Waals surface area contributed by atoms with Crippen molar-refractivity contribution in [1.82, 2.24) is 15.3 Å². The third-order valence-electron chi connectivity index (χ3n) is 3.31. The topological polar surface area (TPSA) is 60.9 Å². The number of nitrogens with one attached hydrogen (secondary N) is 2. The molecule has 2 rings (SSSR count). The molecule has 0 radical (unpaired) electrons. The van der Waals surface area contributed by atoms with E-state index in [9.17, 15) is 5.11 Å². The minimum atomic E-state index is -0.502. The minimum absolute atomic E-state index is 0.211. The quantitative estimate of drug-likeness (QED) is 0.776. The number of aryl methyl sites for hydroxylation is 1. The Hall–Kier alpha value is -1.39. The van der Waals surface area contributed by atoms with Gasteiger partial charge in [-0.05, 0) is 31.7 Å². The van der Waals surface area contributed by atoms with Gasteiger partial charge >= 0.3 is 0 Å². The number of fused-ring (bicyclic) bond motifs is 1. The zero-order chi connectivity index (χ0) is 13.3. The van der Waals surface area contributed by atoms with Crippen LogP contribution in [0.15, 0.2) is 18.2 Å². The summed E-state index contributed by atoms with van der Waals surface area (Å²) in [5.74, 6) is 0.895. The molecule has 1 aromatic heterocycles. The zero-order valence-electron chi connectivity index (χ0n) is 11.4. The predicted octanol–water partition coefficient (Wildman–Crippen LogP) is 2.15. The highest BCUT2D eigenvalue weighted by molar-refractivity contribution is 5.75. The van der Waals surface area contributed by atoms with Gasteiger partial charge < -0.3 is 15.4 Å². The maximum Gasteiger partial charge on any atom is 0.104 e. The lowest BCUT2D eigenvalue weighted by atomic mass is 9.82. The van der Waals surface area contributed by atoms with Crippen molar-refractivity contribution in [1.29, 1.82) is 0 Å². The van der Waals surface area contributed by atoms with Gasteiger partial charge in [0.15, 0.2) is 0 Å². The Bertz CT molecular complexity index is 545. The van der Waals surface area contributed by atoms with Crippen LogP contribution in [0.1, 0.15) is 31.3 Å². The van der Waals surface area contributed by atoms with E-state index < -0.39 is 6.10 Å². The Morgan fingerprint density at radius 1 is 1.44 bits per heavy atom. The van der Waals surface area contributed by atoms with Crippen LogP contribution in [0.5, 0.6) is 0 Å². The average Bonchev–Trinajstić information content (AvgIpc) is 2.66. The van der Waals surface area contributed by atoms with Crippen LogP contribution in [0.2, 0.25) is 0 Å². The van der Waals surface area contributed by atoms with Gasteiger partial charge in [0.25, 0.3) is 0 Å². The van der Waals surface area contributed by atoms with Crippen molar-refractivity contribution in [2.45, 2.75) is 26.9 Å². The summed E-state index contributed by atoms with van der Waals surface area (Å²) in [6.45, 7) is 6.79. The Morgan fingerprint density at radius 2 is 2.17 bits per heavy atom. The molecule has 0 saturated carbocycles. The van der Waals surface area contributed by atoms with E-state index in [1.807, 2.05) is 32.2 Å². The van der Waals surface area contributed by atoms with Gasteiger partial charge in [-0.2, -0.15) is 0 Å². The number of nitrogens with zero attached hydrogens (tertiary/aromatic N) is 1. The first-order valence-electron chi connectivity index (χ1n) is 6.23. The van der Waals surface area contributed by atoms with Crippen molar-refractivity contribution in [2.24, 2.45) is 5.41 Å². The summed E-state index contributed by atoms with van der Waals surface area (Å²) in [4.78, 5) is 7.56. The van der Waals surface area contributed by atoms with Crippen LogP contribution in [0, 0.1) is 12.3 Å². The molecule has 1 heterocycles. The molecule has 4 nitrogen and oxygen atoms in total. The summed E-state index contributed by atoms with van der Waals surface area (Å²) in [6.07, 6.45) is -0.502. The van der Waals surface area contributed by atoms with Crippen molar-refractivity contribution < 1.29 is 5.11 Å². The van der Waals surface area contributed by atoms with E-state index in [0.29, 0.717) is 0 Å². The molecule has 0 fully saturated rings. The second kappa shape index (κ2) is 4.71. The van der Waals surface area contributed by atoms with Crippen molar-refractivity contribution in [2.75, 3.05) is 13.6 Å². The maximum atomic E-state index is 10.5. The molecule has 18 heavy (non-hydrogen) atoms. The normalized spacial score (nSPS) is 14.1. The summed E-state index contributed by atoms with van der Waals surface area (Å²) in [6, 6.07) is 5.88. The van der Waals surface area contributed by atoms with Crippen molar-refractivity contribution in [3.8, 4) is 0 Å². The monoisotopic (exact) mass is 247 g/mol. The molecule has 1 aromatic carbocycles. The maximum absolute atomic E-state index is 10.5.